The minimum Gasteiger partial charge on any atom is -0.494 e. The Kier molecular flexibility index (Phi) is 6.88. The topological polar surface area (TPSA) is 77.5 Å². The van der Waals surface area contributed by atoms with Gasteiger partial charge in [-0.2, -0.15) is 0 Å². The number of benzene rings is 1. The summed E-state index contributed by atoms with van der Waals surface area (Å²) in [6.45, 7) is 6.98. The largest absolute Gasteiger partial charge is 0.494 e. The zero-order chi connectivity index (χ0) is 20.1. The third-order valence-corrected chi connectivity index (χ3v) is 6.26. The lowest BCUT2D eigenvalue weighted by Crippen LogP contribution is -2.29. The van der Waals surface area contributed by atoms with Gasteiger partial charge in [0.15, 0.2) is 5.13 Å². The number of hydrogen-bond acceptors (Lipinski definition) is 6. The normalized spacial score (nSPS) is 22.0. The summed E-state index contributed by atoms with van der Waals surface area (Å²) in [5.74, 6) is 1.50. The molecule has 1 aromatic carbocycles. The van der Waals surface area contributed by atoms with Gasteiger partial charge in [-0.1, -0.05) is 25.2 Å². The molecule has 1 aliphatic carbocycles. The lowest BCUT2D eigenvalue weighted by Gasteiger charge is -2.31. The van der Waals surface area contributed by atoms with Crippen LogP contribution in [0.5, 0.6) is 5.75 Å². The molecule has 0 spiro atoms. The molecule has 1 heterocycles. The molecular weight excluding hydrogens is 376 g/mol. The van der Waals surface area contributed by atoms with Crippen LogP contribution in [-0.2, 0) is 14.3 Å². The number of anilines is 1. The molecule has 6 nitrogen and oxygen atoms in total. The predicted octanol–water partition coefficient (Wildman–Crippen LogP) is 4.78. The molecule has 0 unspecified atom stereocenters. The summed E-state index contributed by atoms with van der Waals surface area (Å²) in [7, 11) is 0. The van der Waals surface area contributed by atoms with Crippen LogP contribution in [0.4, 0.5) is 5.13 Å². The third kappa shape index (κ3) is 5.44. The Hall–Kier alpha value is -2.15. The maximum Gasteiger partial charge on any atom is 0.306 e. The van der Waals surface area contributed by atoms with Gasteiger partial charge in [-0.25, -0.2) is 4.98 Å². The van der Waals surface area contributed by atoms with Crippen molar-refractivity contribution in [1.29, 1.82) is 0 Å². The van der Waals surface area contributed by atoms with Gasteiger partial charge in [-0.15, -0.1) is 0 Å². The van der Waals surface area contributed by atoms with Crippen LogP contribution < -0.4 is 10.1 Å². The fourth-order valence-corrected chi connectivity index (χ4v) is 4.37. The summed E-state index contributed by atoms with van der Waals surface area (Å²) >= 11 is 1.39. The molecule has 1 aliphatic rings. The van der Waals surface area contributed by atoms with Gasteiger partial charge in [0.05, 0.1) is 23.2 Å². The van der Waals surface area contributed by atoms with Crippen LogP contribution in [0, 0.1) is 11.8 Å². The molecule has 1 aromatic heterocycles. The molecular formula is C21H28N2O4S. The van der Waals surface area contributed by atoms with E-state index < -0.39 is 0 Å². The Morgan fingerprint density at radius 3 is 2.79 bits per heavy atom. The van der Waals surface area contributed by atoms with E-state index in [1.54, 1.807) is 0 Å². The lowest BCUT2D eigenvalue weighted by molar-refractivity contribution is -0.152. The number of ether oxygens (including phenoxy) is 2. The summed E-state index contributed by atoms with van der Waals surface area (Å²) in [6.07, 6.45) is 3.09. The molecule has 7 heteroatoms. The SMILES string of the molecule is CCOc1ccc2nc(NC(=O)CCC(=O)O[C@H]3CC[C@H](C)[C@@H](C)C3)sc2c1. The van der Waals surface area contributed by atoms with E-state index in [2.05, 4.69) is 24.1 Å². The number of aromatic nitrogens is 1. The van der Waals surface area contributed by atoms with Crippen LogP contribution in [0.15, 0.2) is 18.2 Å². The Balaban J connectivity index is 1.46. The standard InChI is InChI=1S/C21H28N2O4S/c1-4-26-15-7-8-17-18(12-15)28-21(22-17)23-19(24)9-10-20(25)27-16-6-5-13(2)14(3)11-16/h7-8,12-14,16H,4-6,9-11H2,1-3H3,(H,22,23,24)/t13-,14-,16-/m0/s1. The highest BCUT2D eigenvalue weighted by Crippen LogP contribution is 2.31. The number of thiazole rings is 1. The second kappa shape index (κ2) is 9.37. The van der Waals surface area contributed by atoms with Gasteiger partial charge in [-0.05, 0) is 56.2 Å². The number of esters is 1. The Morgan fingerprint density at radius 1 is 1.21 bits per heavy atom. The van der Waals surface area contributed by atoms with Crippen molar-refractivity contribution in [1.82, 2.24) is 4.98 Å². The maximum absolute atomic E-state index is 12.2. The molecule has 3 rings (SSSR count). The zero-order valence-electron chi connectivity index (χ0n) is 16.7. The van der Waals surface area contributed by atoms with Gasteiger partial charge in [0.25, 0.3) is 0 Å². The summed E-state index contributed by atoms with van der Waals surface area (Å²) in [6, 6.07) is 5.64. The average molecular weight is 405 g/mol. The Labute approximate surface area is 169 Å². The fraction of sp³-hybridized carbons (Fsp3) is 0.571. The highest BCUT2D eigenvalue weighted by Gasteiger charge is 2.27. The summed E-state index contributed by atoms with van der Waals surface area (Å²) in [5, 5.41) is 3.30. The molecule has 1 amide bonds. The number of nitrogens with one attached hydrogen (secondary N) is 1. The molecule has 0 saturated heterocycles. The van der Waals surface area contributed by atoms with E-state index in [0.29, 0.717) is 23.6 Å². The number of carbonyl (C=O) groups is 2. The first-order chi connectivity index (χ1) is 13.4. The quantitative estimate of drug-likeness (QED) is 0.672. The molecule has 1 saturated carbocycles. The van der Waals surface area contributed by atoms with E-state index in [-0.39, 0.29) is 30.8 Å². The summed E-state index contributed by atoms with van der Waals surface area (Å²) < 4.78 is 12.0. The van der Waals surface area contributed by atoms with Crippen molar-refractivity contribution in [3.8, 4) is 5.75 Å². The van der Waals surface area contributed by atoms with Crippen LogP contribution in [0.2, 0.25) is 0 Å². The molecule has 152 valence electrons. The van der Waals surface area contributed by atoms with Crippen molar-refractivity contribution in [2.45, 2.75) is 59.0 Å². The van der Waals surface area contributed by atoms with Crippen molar-refractivity contribution in [2.75, 3.05) is 11.9 Å². The number of rotatable bonds is 7. The van der Waals surface area contributed by atoms with Gasteiger partial charge in [0.1, 0.15) is 11.9 Å². The predicted molar refractivity (Wildman–Crippen MR) is 111 cm³/mol. The van der Waals surface area contributed by atoms with Crippen molar-refractivity contribution in [2.24, 2.45) is 11.8 Å². The molecule has 0 aliphatic heterocycles. The van der Waals surface area contributed by atoms with E-state index in [4.69, 9.17) is 9.47 Å². The Morgan fingerprint density at radius 2 is 2.04 bits per heavy atom. The zero-order valence-corrected chi connectivity index (χ0v) is 17.5. The van der Waals surface area contributed by atoms with E-state index in [1.165, 1.54) is 11.3 Å². The fourth-order valence-electron chi connectivity index (χ4n) is 3.46. The number of hydrogen-bond donors (Lipinski definition) is 1. The molecule has 2 aromatic rings. The first-order valence-electron chi connectivity index (χ1n) is 9.97. The molecule has 28 heavy (non-hydrogen) atoms. The molecule has 1 fully saturated rings. The monoisotopic (exact) mass is 404 g/mol. The minimum absolute atomic E-state index is 0.00874. The second-order valence-electron chi connectivity index (χ2n) is 7.51. The summed E-state index contributed by atoms with van der Waals surface area (Å²) in [4.78, 5) is 28.6. The van der Waals surface area contributed by atoms with Gasteiger partial charge >= 0.3 is 5.97 Å². The maximum atomic E-state index is 12.2. The van der Waals surface area contributed by atoms with Crippen molar-refractivity contribution in [3.05, 3.63) is 18.2 Å². The van der Waals surface area contributed by atoms with Gasteiger partial charge < -0.3 is 14.8 Å². The van der Waals surface area contributed by atoms with Crippen molar-refractivity contribution >= 4 is 38.6 Å². The van der Waals surface area contributed by atoms with Crippen LogP contribution in [-0.4, -0.2) is 29.6 Å². The van der Waals surface area contributed by atoms with Crippen LogP contribution in [0.25, 0.3) is 10.2 Å². The number of fused-ring (bicyclic) bond motifs is 1. The smallest absolute Gasteiger partial charge is 0.306 e. The lowest BCUT2D eigenvalue weighted by atomic mass is 9.80. The number of carbonyl (C=O) groups excluding carboxylic acids is 2. The Bertz CT molecular complexity index is 835. The molecule has 1 N–H and O–H groups in total. The van der Waals surface area contributed by atoms with Crippen molar-refractivity contribution in [3.63, 3.8) is 0 Å². The molecule has 0 bridgehead atoms. The second-order valence-corrected chi connectivity index (χ2v) is 8.54. The minimum atomic E-state index is -0.299. The third-order valence-electron chi connectivity index (χ3n) is 5.32. The van der Waals surface area contributed by atoms with Gasteiger partial charge in [-0.3, -0.25) is 9.59 Å². The van der Waals surface area contributed by atoms with E-state index >= 15 is 0 Å². The highest BCUT2D eigenvalue weighted by atomic mass is 32.1. The number of nitrogens with zero attached hydrogens (tertiary/aromatic N) is 1. The van der Waals surface area contributed by atoms with E-state index in [0.717, 1.165) is 35.2 Å². The first kappa shape index (κ1) is 20.6. The van der Waals surface area contributed by atoms with E-state index in [9.17, 15) is 9.59 Å². The van der Waals surface area contributed by atoms with Crippen LogP contribution in [0.1, 0.15) is 52.9 Å². The number of amides is 1. The first-order valence-corrected chi connectivity index (χ1v) is 10.8. The van der Waals surface area contributed by atoms with Crippen LogP contribution in [0.3, 0.4) is 0 Å². The summed E-state index contributed by atoms with van der Waals surface area (Å²) in [5.41, 5.74) is 0.809. The molecule has 3 atom stereocenters. The van der Waals surface area contributed by atoms with E-state index in [1.807, 2.05) is 25.1 Å². The average Bonchev–Trinajstić information content (AvgIpc) is 3.05. The highest BCUT2D eigenvalue weighted by molar-refractivity contribution is 7.22. The van der Waals surface area contributed by atoms with Gasteiger partial charge in [0, 0.05) is 6.42 Å². The van der Waals surface area contributed by atoms with Crippen molar-refractivity contribution < 1.29 is 19.1 Å². The van der Waals surface area contributed by atoms with Gasteiger partial charge in [0.2, 0.25) is 5.91 Å². The molecule has 0 radical (unpaired) electrons. The van der Waals surface area contributed by atoms with Crippen LogP contribution >= 0.6 is 11.3 Å².